The third-order valence-electron chi connectivity index (χ3n) is 4.21. The van der Waals surface area contributed by atoms with Crippen molar-refractivity contribution in [3.8, 4) is 5.75 Å². The summed E-state index contributed by atoms with van der Waals surface area (Å²) in [4.78, 5) is 19.6. The van der Waals surface area contributed by atoms with E-state index >= 15 is 0 Å². The summed E-state index contributed by atoms with van der Waals surface area (Å²) in [5.74, 6) is -0.250. The topological polar surface area (TPSA) is 67.0 Å². The fraction of sp³-hybridized carbons (Fsp3) is 0.222. The SMILES string of the molecule is O=C(Cc1ccc2nc[nH]c2c1)NC1CCOc2c(F)cccc21. The molecule has 24 heavy (non-hydrogen) atoms. The number of halogens is 1. The van der Waals surface area contributed by atoms with E-state index < -0.39 is 5.82 Å². The number of carbonyl (C=O) groups excluding carboxylic acids is 1. The summed E-state index contributed by atoms with van der Waals surface area (Å²) in [5, 5.41) is 2.98. The fourth-order valence-electron chi connectivity index (χ4n) is 3.06. The zero-order valence-electron chi connectivity index (χ0n) is 12.9. The van der Waals surface area contributed by atoms with Crippen molar-refractivity contribution in [3.63, 3.8) is 0 Å². The van der Waals surface area contributed by atoms with E-state index in [1.54, 1.807) is 18.5 Å². The number of benzene rings is 2. The molecule has 5 nitrogen and oxygen atoms in total. The molecule has 2 heterocycles. The van der Waals surface area contributed by atoms with Crippen LogP contribution in [0.15, 0.2) is 42.7 Å². The molecular formula is C18H16FN3O2. The van der Waals surface area contributed by atoms with E-state index in [-0.39, 0.29) is 24.1 Å². The first-order chi connectivity index (χ1) is 11.7. The normalized spacial score (nSPS) is 16.5. The Morgan fingerprint density at radius 1 is 1.38 bits per heavy atom. The molecule has 0 radical (unpaired) electrons. The minimum Gasteiger partial charge on any atom is -0.490 e. The maximum absolute atomic E-state index is 13.8. The van der Waals surface area contributed by atoms with E-state index in [2.05, 4.69) is 15.3 Å². The number of H-pyrrole nitrogens is 1. The van der Waals surface area contributed by atoms with Crippen molar-refractivity contribution in [1.29, 1.82) is 0 Å². The lowest BCUT2D eigenvalue weighted by Crippen LogP contribution is -2.33. The van der Waals surface area contributed by atoms with Gasteiger partial charge in [-0.1, -0.05) is 18.2 Å². The van der Waals surface area contributed by atoms with Gasteiger partial charge in [0, 0.05) is 12.0 Å². The number of hydrogen-bond donors (Lipinski definition) is 2. The Balaban J connectivity index is 1.50. The van der Waals surface area contributed by atoms with Crippen LogP contribution in [0.25, 0.3) is 11.0 Å². The van der Waals surface area contributed by atoms with Gasteiger partial charge in [0.1, 0.15) is 0 Å². The molecule has 0 saturated carbocycles. The van der Waals surface area contributed by atoms with Gasteiger partial charge in [0.2, 0.25) is 5.91 Å². The number of nitrogens with zero attached hydrogens (tertiary/aromatic N) is 1. The molecule has 0 bridgehead atoms. The third kappa shape index (κ3) is 2.71. The van der Waals surface area contributed by atoms with Gasteiger partial charge in [-0.05, 0) is 23.8 Å². The van der Waals surface area contributed by atoms with E-state index in [1.165, 1.54) is 6.07 Å². The van der Waals surface area contributed by atoms with Gasteiger partial charge in [-0.25, -0.2) is 9.37 Å². The van der Waals surface area contributed by atoms with Crippen molar-refractivity contribution in [3.05, 3.63) is 59.7 Å². The van der Waals surface area contributed by atoms with E-state index in [1.807, 2.05) is 18.2 Å². The molecule has 0 aliphatic carbocycles. The van der Waals surface area contributed by atoms with E-state index in [9.17, 15) is 9.18 Å². The third-order valence-corrected chi connectivity index (χ3v) is 4.21. The monoisotopic (exact) mass is 325 g/mol. The predicted octanol–water partition coefficient (Wildman–Crippen LogP) is 2.88. The summed E-state index contributed by atoms with van der Waals surface area (Å²) in [7, 11) is 0. The Morgan fingerprint density at radius 2 is 2.29 bits per heavy atom. The van der Waals surface area contributed by atoms with E-state index in [4.69, 9.17) is 4.74 Å². The second-order valence-corrected chi connectivity index (χ2v) is 5.85. The summed E-state index contributed by atoms with van der Waals surface area (Å²) < 4.78 is 19.2. The van der Waals surface area contributed by atoms with Crippen LogP contribution in [0.1, 0.15) is 23.6 Å². The lowest BCUT2D eigenvalue weighted by Gasteiger charge is -2.27. The summed E-state index contributed by atoms with van der Waals surface area (Å²) in [6, 6.07) is 10.2. The van der Waals surface area contributed by atoms with Crippen molar-refractivity contribution >= 4 is 16.9 Å². The molecule has 2 aromatic carbocycles. The van der Waals surface area contributed by atoms with Gasteiger partial charge in [-0.2, -0.15) is 0 Å². The molecule has 1 aliphatic heterocycles. The first-order valence-electron chi connectivity index (χ1n) is 7.83. The molecule has 1 unspecified atom stereocenters. The fourth-order valence-corrected chi connectivity index (χ4v) is 3.06. The molecule has 0 saturated heterocycles. The van der Waals surface area contributed by atoms with Crippen LogP contribution in [-0.2, 0) is 11.2 Å². The first-order valence-corrected chi connectivity index (χ1v) is 7.83. The molecule has 6 heteroatoms. The Hall–Kier alpha value is -2.89. The van der Waals surface area contributed by atoms with Crippen molar-refractivity contribution < 1.29 is 13.9 Å². The van der Waals surface area contributed by atoms with Gasteiger partial charge in [0.05, 0.1) is 36.4 Å². The highest BCUT2D eigenvalue weighted by molar-refractivity contribution is 5.82. The number of carbonyl (C=O) groups is 1. The zero-order chi connectivity index (χ0) is 16.5. The number of para-hydroxylation sites is 1. The molecule has 1 amide bonds. The minimum absolute atomic E-state index is 0.101. The van der Waals surface area contributed by atoms with E-state index in [0.29, 0.717) is 18.6 Å². The Morgan fingerprint density at radius 3 is 3.21 bits per heavy atom. The Kier molecular flexibility index (Phi) is 3.65. The number of rotatable bonds is 3. The number of ether oxygens (including phenoxy) is 1. The Bertz CT molecular complexity index is 906. The molecule has 1 aromatic heterocycles. The molecular weight excluding hydrogens is 309 g/mol. The molecule has 1 aliphatic rings. The van der Waals surface area contributed by atoms with Gasteiger partial charge in [0.25, 0.3) is 0 Å². The predicted molar refractivity (Wildman–Crippen MR) is 87.2 cm³/mol. The number of aromatic nitrogens is 2. The molecule has 0 spiro atoms. The van der Waals surface area contributed by atoms with Crippen molar-refractivity contribution in [2.75, 3.05) is 6.61 Å². The number of imidazole rings is 1. The number of hydrogen-bond acceptors (Lipinski definition) is 3. The smallest absolute Gasteiger partial charge is 0.224 e. The number of fused-ring (bicyclic) bond motifs is 2. The number of aromatic amines is 1. The number of nitrogens with one attached hydrogen (secondary N) is 2. The zero-order valence-corrected chi connectivity index (χ0v) is 12.9. The van der Waals surface area contributed by atoms with Crippen LogP contribution in [0.3, 0.4) is 0 Å². The molecule has 0 fully saturated rings. The summed E-state index contributed by atoms with van der Waals surface area (Å²) in [5.41, 5.74) is 3.36. The maximum Gasteiger partial charge on any atom is 0.224 e. The summed E-state index contributed by atoms with van der Waals surface area (Å²) >= 11 is 0. The standard InChI is InChI=1S/C18H16FN3O2/c19-13-3-1-2-12-14(6-7-24-18(12)13)22-17(23)9-11-4-5-15-16(8-11)21-10-20-15/h1-5,8,10,14H,6-7,9H2,(H,20,21)(H,22,23). The molecule has 4 rings (SSSR count). The lowest BCUT2D eigenvalue weighted by atomic mass is 10.00. The van der Waals surface area contributed by atoms with Crippen LogP contribution in [-0.4, -0.2) is 22.5 Å². The summed E-state index contributed by atoms with van der Waals surface area (Å²) in [6.45, 7) is 0.388. The largest absolute Gasteiger partial charge is 0.490 e. The van der Waals surface area contributed by atoms with Gasteiger partial charge in [-0.3, -0.25) is 4.79 Å². The van der Waals surface area contributed by atoms with E-state index in [0.717, 1.165) is 16.6 Å². The highest BCUT2D eigenvalue weighted by Crippen LogP contribution is 2.34. The average Bonchev–Trinajstić information content (AvgIpc) is 3.03. The van der Waals surface area contributed by atoms with Crippen LogP contribution >= 0.6 is 0 Å². The van der Waals surface area contributed by atoms with Crippen LogP contribution < -0.4 is 10.1 Å². The lowest BCUT2D eigenvalue weighted by molar-refractivity contribution is -0.121. The molecule has 122 valence electrons. The molecule has 1 atom stereocenters. The average molecular weight is 325 g/mol. The van der Waals surface area contributed by atoms with Crippen LogP contribution in [0.2, 0.25) is 0 Å². The van der Waals surface area contributed by atoms with Gasteiger partial charge in [-0.15, -0.1) is 0 Å². The van der Waals surface area contributed by atoms with Crippen molar-refractivity contribution in [1.82, 2.24) is 15.3 Å². The first kappa shape index (κ1) is 14.7. The minimum atomic E-state index is -0.392. The summed E-state index contributed by atoms with van der Waals surface area (Å²) in [6.07, 6.45) is 2.51. The van der Waals surface area contributed by atoms with Gasteiger partial charge in [0.15, 0.2) is 11.6 Å². The number of amides is 1. The van der Waals surface area contributed by atoms with Crippen molar-refractivity contribution in [2.24, 2.45) is 0 Å². The van der Waals surface area contributed by atoms with Gasteiger partial charge >= 0.3 is 0 Å². The van der Waals surface area contributed by atoms with Crippen LogP contribution in [0, 0.1) is 5.82 Å². The Labute approximate surface area is 137 Å². The van der Waals surface area contributed by atoms with Crippen molar-refractivity contribution in [2.45, 2.75) is 18.9 Å². The highest BCUT2D eigenvalue weighted by Gasteiger charge is 2.25. The molecule has 3 aromatic rings. The molecule has 2 N–H and O–H groups in total. The van der Waals surface area contributed by atoms with Gasteiger partial charge < -0.3 is 15.0 Å². The van der Waals surface area contributed by atoms with Crippen LogP contribution in [0.4, 0.5) is 4.39 Å². The second kappa shape index (κ2) is 5.96. The quantitative estimate of drug-likeness (QED) is 0.778. The maximum atomic E-state index is 13.8. The second-order valence-electron chi connectivity index (χ2n) is 5.85. The van der Waals surface area contributed by atoms with Crippen LogP contribution in [0.5, 0.6) is 5.75 Å². The highest BCUT2D eigenvalue weighted by atomic mass is 19.1.